The Kier molecular flexibility index (Phi) is 10.1. The van der Waals surface area contributed by atoms with E-state index in [0.717, 1.165) is 74.9 Å². The van der Waals surface area contributed by atoms with Gasteiger partial charge in [0.05, 0.1) is 24.5 Å². The van der Waals surface area contributed by atoms with Crippen LogP contribution in [0.15, 0.2) is 32.2 Å². The summed E-state index contributed by atoms with van der Waals surface area (Å²) < 4.78 is 11.5. The van der Waals surface area contributed by atoms with Crippen LogP contribution < -0.4 is 10.6 Å². The van der Waals surface area contributed by atoms with Crippen molar-refractivity contribution in [2.45, 2.75) is 52.1 Å². The molecule has 184 valence electrons. The first-order valence-electron chi connectivity index (χ1n) is 12.0. The molecule has 9 heteroatoms. The SMILES string of the molecule is CN=C(NCC1CCN(Cc2nc(C)c(C)o2)CC1)NCC(c1ccco1)N1CCCC1.I. The predicted molar refractivity (Wildman–Crippen MR) is 141 cm³/mol. The Morgan fingerprint density at radius 2 is 1.94 bits per heavy atom. The summed E-state index contributed by atoms with van der Waals surface area (Å²) in [6.45, 7) is 10.9. The van der Waals surface area contributed by atoms with E-state index in [1.54, 1.807) is 6.26 Å². The lowest BCUT2D eigenvalue weighted by Gasteiger charge is -2.31. The molecule has 2 N–H and O–H groups in total. The maximum atomic E-state index is 5.75. The molecule has 1 unspecified atom stereocenters. The third kappa shape index (κ3) is 7.19. The zero-order valence-electron chi connectivity index (χ0n) is 20.2. The lowest BCUT2D eigenvalue weighted by atomic mass is 9.97. The van der Waals surface area contributed by atoms with Crippen LogP contribution in [0.1, 0.15) is 54.8 Å². The maximum absolute atomic E-state index is 5.75. The van der Waals surface area contributed by atoms with Gasteiger partial charge in [-0.15, -0.1) is 24.0 Å². The first-order chi connectivity index (χ1) is 15.6. The maximum Gasteiger partial charge on any atom is 0.208 e. The van der Waals surface area contributed by atoms with E-state index in [0.29, 0.717) is 5.92 Å². The minimum absolute atomic E-state index is 0. The lowest BCUT2D eigenvalue weighted by molar-refractivity contribution is 0.164. The van der Waals surface area contributed by atoms with Crippen molar-refractivity contribution in [1.29, 1.82) is 0 Å². The first-order valence-corrected chi connectivity index (χ1v) is 12.0. The number of hydrogen-bond acceptors (Lipinski definition) is 6. The predicted octanol–water partition coefficient (Wildman–Crippen LogP) is 3.72. The molecule has 1 atom stereocenters. The molecule has 0 spiro atoms. The topological polar surface area (TPSA) is 82.1 Å². The van der Waals surface area contributed by atoms with Crippen molar-refractivity contribution in [1.82, 2.24) is 25.4 Å². The number of halogens is 1. The van der Waals surface area contributed by atoms with Crippen LogP contribution in [0.4, 0.5) is 0 Å². The molecular formula is C24H39IN6O2. The Bertz CT molecular complexity index is 835. The highest BCUT2D eigenvalue weighted by molar-refractivity contribution is 14.0. The van der Waals surface area contributed by atoms with Gasteiger partial charge in [0.15, 0.2) is 5.96 Å². The fourth-order valence-electron chi connectivity index (χ4n) is 4.75. The molecule has 8 nitrogen and oxygen atoms in total. The van der Waals surface area contributed by atoms with Gasteiger partial charge in [0.25, 0.3) is 0 Å². The van der Waals surface area contributed by atoms with Crippen molar-refractivity contribution in [3.05, 3.63) is 41.5 Å². The summed E-state index contributed by atoms with van der Waals surface area (Å²) in [7, 11) is 1.84. The van der Waals surface area contributed by atoms with Crippen molar-refractivity contribution in [3.8, 4) is 0 Å². The number of oxazole rings is 1. The minimum Gasteiger partial charge on any atom is -0.468 e. The van der Waals surface area contributed by atoms with Gasteiger partial charge < -0.3 is 19.5 Å². The number of aliphatic imine (C=N–C) groups is 1. The third-order valence-electron chi connectivity index (χ3n) is 6.84. The van der Waals surface area contributed by atoms with Crippen molar-refractivity contribution in [2.24, 2.45) is 10.9 Å². The van der Waals surface area contributed by atoms with Gasteiger partial charge >= 0.3 is 0 Å². The highest BCUT2D eigenvalue weighted by Gasteiger charge is 2.26. The zero-order valence-corrected chi connectivity index (χ0v) is 22.5. The largest absolute Gasteiger partial charge is 0.468 e. The van der Waals surface area contributed by atoms with Crippen LogP contribution in [0.2, 0.25) is 0 Å². The Morgan fingerprint density at radius 1 is 1.18 bits per heavy atom. The lowest BCUT2D eigenvalue weighted by Crippen LogP contribution is -2.45. The number of hydrogen-bond donors (Lipinski definition) is 2. The Morgan fingerprint density at radius 3 is 2.55 bits per heavy atom. The van der Waals surface area contributed by atoms with E-state index in [9.17, 15) is 0 Å². The number of guanidine groups is 1. The molecule has 2 aromatic rings. The fourth-order valence-corrected chi connectivity index (χ4v) is 4.75. The number of nitrogens with one attached hydrogen (secondary N) is 2. The molecule has 2 aliphatic rings. The Labute approximate surface area is 214 Å². The van der Waals surface area contributed by atoms with Crippen molar-refractivity contribution in [2.75, 3.05) is 46.3 Å². The molecule has 0 amide bonds. The molecule has 33 heavy (non-hydrogen) atoms. The smallest absolute Gasteiger partial charge is 0.208 e. The van der Waals surface area contributed by atoms with Gasteiger partial charge in [0.2, 0.25) is 5.89 Å². The third-order valence-corrected chi connectivity index (χ3v) is 6.84. The summed E-state index contributed by atoms with van der Waals surface area (Å²) in [6.07, 6.45) is 6.63. The number of piperidine rings is 1. The summed E-state index contributed by atoms with van der Waals surface area (Å²) in [5.41, 5.74) is 0.997. The molecule has 0 radical (unpaired) electrons. The number of rotatable bonds is 8. The van der Waals surface area contributed by atoms with E-state index >= 15 is 0 Å². The van der Waals surface area contributed by atoms with Crippen LogP contribution in [0, 0.1) is 19.8 Å². The van der Waals surface area contributed by atoms with Gasteiger partial charge in [-0.3, -0.25) is 14.8 Å². The molecular weight excluding hydrogens is 531 g/mol. The van der Waals surface area contributed by atoms with Gasteiger partial charge in [-0.05, 0) is 83.8 Å². The van der Waals surface area contributed by atoms with Crippen molar-refractivity contribution in [3.63, 3.8) is 0 Å². The van der Waals surface area contributed by atoms with E-state index < -0.39 is 0 Å². The van der Waals surface area contributed by atoms with Crippen molar-refractivity contribution < 1.29 is 8.83 Å². The number of nitrogens with zero attached hydrogens (tertiary/aromatic N) is 4. The van der Waals surface area contributed by atoms with Gasteiger partial charge in [-0.1, -0.05) is 0 Å². The molecule has 2 aliphatic heterocycles. The van der Waals surface area contributed by atoms with E-state index in [-0.39, 0.29) is 30.0 Å². The zero-order chi connectivity index (χ0) is 22.3. The molecule has 0 aliphatic carbocycles. The Hall–Kier alpha value is -1.59. The summed E-state index contributed by atoms with van der Waals surface area (Å²) in [6, 6.07) is 4.30. The average Bonchev–Trinajstić information content (AvgIpc) is 3.56. The number of aromatic nitrogens is 1. The molecule has 2 aromatic heterocycles. The summed E-state index contributed by atoms with van der Waals surface area (Å²) in [5.74, 6) is 4.31. The van der Waals surface area contributed by atoms with Crippen LogP contribution in [-0.4, -0.2) is 67.1 Å². The van der Waals surface area contributed by atoms with Gasteiger partial charge in [0.1, 0.15) is 11.5 Å². The van der Waals surface area contributed by atoms with E-state index in [1.807, 2.05) is 27.0 Å². The van der Waals surface area contributed by atoms with E-state index in [1.165, 1.54) is 25.7 Å². The van der Waals surface area contributed by atoms with Gasteiger partial charge in [0, 0.05) is 20.1 Å². The molecule has 2 saturated heterocycles. The number of likely N-dealkylation sites (tertiary alicyclic amines) is 2. The highest BCUT2D eigenvalue weighted by atomic mass is 127. The normalized spacial score (nSPS) is 19.4. The molecule has 4 heterocycles. The summed E-state index contributed by atoms with van der Waals surface area (Å²) in [4.78, 5) is 13.9. The van der Waals surface area contributed by atoms with Crippen molar-refractivity contribution >= 4 is 29.9 Å². The van der Waals surface area contributed by atoms with Crippen LogP contribution in [-0.2, 0) is 6.54 Å². The van der Waals surface area contributed by atoms with Gasteiger partial charge in [-0.25, -0.2) is 4.98 Å². The number of aryl methyl sites for hydroxylation is 2. The van der Waals surface area contributed by atoms with Gasteiger partial charge in [-0.2, -0.15) is 0 Å². The average molecular weight is 571 g/mol. The molecule has 2 fully saturated rings. The van der Waals surface area contributed by atoms with Crippen LogP contribution >= 0.6 is 24.0 Å². The van der Waals surface area contributed by atoms with E-state index in [2.05, 4.69) is 36.5 Å². The second-order valence-electron chi connectivity index (χ2n) is 9.08. The number of furan rings is 1. The first kappa shape index (κ1) is 26.0. The summed E-state index contributed by atoms with van der Waals surface area (Å²) in [5, 5.41) is 7.08. The fraction of sp³-hybridized carbons (Fsp3) is 0.667. The van der Waals surface area contributed by atoms with E-state index in [4.69, 9.17) is 8.83 Å². The molecule has 0 aromatic carbocycles. The molecule has 0 saturated carbocycles. The van der Waals surface area contributed by atoms with Crippen LogP contribution in [0.25, 0.3) is 0 Å². The monoisotopic (exact) mass is 570 g/mol. The van der Waals surface area contributed by atoms with Crippen LogP contribution in [0.3, 0.4) is 0 Å². The minimum atomic E-state index is 0. The molecule has 0 bridgehead atoms. The van der Waals surface area contributed by atoms with Crippen LogP contribution in [0.5, 0.6) is 0 Å². The standard InChI is InChI=1S/C24H38N6O2.HI/c1-18-19(2)32-23(28-18)17-29-12-8-20(9-13-29)15-26-24(25-3)27-16-21(22-7-6-14-31-22)30-10-4-5-11-30;/h6-7,14,20-21H,4-5,8-13,15-17H2,1-3H3,(H2,25,26,27);1H. The second-order valence-corrected chi connectivity index (χ2v) is 9.08. The molecule has 4 rings (SSSR count). The summed E-state index contributed by atoms with van der Waals surface area (Å²) >= 11 is 0. The quantitative estimate of drug-likeness (QED) is 0.285. The Balaban J connectivity index is 0.00000306. The second kappa shape index (κ2) is 12.8. The highest BCUT2D eigenvalue weighted by Crippen LogP contribution is 2.25.